The van der Waals surface area contributed by atoms with Crippen molar-refractivity contribution < 1.29 is 0 Å². The highest BCUT2D eigenvalue weighted by Crippen LogP contribution is 2.18. The first kappa shape index (κ1) is 10.7. The van der Waals surface area contributed by atoms with E-state index >= 15 is 0 Å². The lowest BCUT2D eigenvalue weighted by molar-refractivity contribution is 0.802. The smallest absolute Gasteiger partial charge is 0.271 e. The van der Waals surface area contributed by atoms with Gasteiger partial charge in [0.15, 0.2) is 5.82 Å². The van der Waals surface area contributed by atoms with Crippen LogP contribution in [-0.2, 0) is 0 Å². The van der Waals surface area contributed by atoms with Gasteiger partial charge < -0.3 is 15.3 Å². The van der Waals surface area contributed by atoms with Gasteiger partial charge in [-0.2, -0.15) is 0 Å². The number of nitrogens with one attached hydrogen (secondary N) is 3. The molecule has 0 aliphatic carbocycles. The third-order valence-corrected chi connectivity index (χ3v) is 2.43. The number of H-pyrrole nitrogens is 2. The fourth-order valence-corrected chi connectivity index (χ4v) is 1.43. The predicted molar refractivity (Wildman–Crippen MR) is 60.5 cm³/mol. The van der Waals surface area contributed by atoms with Crippen LogP contribution in [0.3, 0.4) is 0 Å². The van der Waals surface area contributed by atoms with Crippen molar-refractivity contribution in [1.29, 1.82) is 0 Å². The van der Waals surface area contributed by atoms with E-state index in [-0.39, 0.29) is 16.6 Å². The van der Waals surface area contributed by atoms with E-state index < -0.39 is 0 Å². The Morgan fingerprint density at radius 3 is 2.94 bits per heavy atom. The Labute approximate surface area is 96.1 Å². The summed E-state index contributed by atoms with van der Waals surface area (Å²) < 4.78 is 0. The highest BCUT2D eigenvalue weighted by Gasteiger charge is 2.11. The molecule has 0 saturated carbocycles. The number of aromatic amines is 2. The van der Waals surface area contributed by atoms with Crippen molar-refractivity contribution in [2.24, 2.45) is 0 Å². The molecule has 0 aromatic carbocycles. The minimum Gasteiger partial charge on any atom is -0.359 e. The van der Waals surface area contributed by atoms with Crippen LogP contribution >= 0.6 is 11.6 Å². The second-order valence-corrected chi connectivity index (χ2v) is 3.61. The van der Waals surface area contributed by atoms with E-state index in [0.717, 1.165) is 5.82 Å². The Morgan fingerprint density at radius 2 is 2.25 bits per heavy atom. The molecule has 0 radical (unpaired) electrons. The van der Waals surface area contributed by atoms with Gasteiger partial charge in [0.2, 0.25) is 0 Å². The van der Waals surface area contributed by atoms with Crippen LogP contribution in [0.25, 0.3) is 0 Å². The molecule has 0 aliphatic rings. The topological polar surface area (TPSA) is 86.5 Å². The van der Waals surface area contributed by atoms with Gasteiger partial charge in [-0.3, -0.25) is 4.79 Å². The second-order valence-electron chi connectivity index (χ2n) is 3.23. The molecule has 2 aromatic rings. The monoisotopic (exact) mass is 239 g/mol. The predicted octanol–water partition coefficient (Wildman–Crippen LogP) is 1.32. The lowest BCUT2D eigenvalue weighted by Gasteiger charge is -2.12. The molecule has 84 valence electrons. The van der Waals surface area contributed by atoms with E-state index in [1.807, 2.05) is 6.92 Å². The van der Waals surface area contributed by atoms with Gasteiger partial charge in [0, 0.05) is 12.4 Å². The number of rotatable bonds is 3. The lowest BCUT2D eigenvalue weighted by atomic mass is 10.3. The molecule has 7 heteroatoms. The molecule has 0 bridgehead atoms. The molecule has 3 N–H and O–H groups in total. The van der Waals surface area contributed by atoms with Crippen molar-refractivity contribution in [1.82, 2.24) is 19.9 Å². The highest BCUT2D eigenvalue weighted by molar-refractivity contribution is 6.32. The van der Waals surface area contributed by atoms with Gasteiger partial charge >= 0.3 is 0 Å². The van der Waals surface area contributed by atoms with Gasteiger partial charge in [-0.25, -0.2) is 9.97 Å². The molecular formula is C9H10ClN5O. The summed E-state index contributed by atoms with van der Waals surface area (Å²) in [5.41, 5.74) is -0.370. The standard InChI is InChI=1S/C9H10ClN5O/c1-5(7-11-2-3-12-7)15-8-6(10)9(16)14-4-13-8/h2-5H,1H3,(H,11,12)(H2,13,14,15,16). The number of anilines is 1. The van der Waals surface area contributed by atoms with Crippen molar-refractivity contribution >= 4 is 17.4 Å². The summed E-state index contributed by atoms with van der Waals surface area (Å²) in [6.07, 6.45) is 4.67. The van der Waals surface area contributed by atoms with E-state index in [2.05, 4.69) is 25.3 Å². The summed E-state index contributed by atoms with van der Waals surface area (Å²) >= 11 is 5.80. The van der Waals surface area contributed by atoms with Crippen LogP contribution in [-0.4, -0.2) is 19.9 Å². The van der Waals surface area contributed by atoms with Crippen molar-refractivity contribution in [3.8, 4) is 0 Å². The third-order valence-electron chi connectivity index (χ3n) is 2.08. The van der Waals surface area contributed by atoms with Crippen molar-refractivity contribution in [2.75, 3.05) is 5.32 Å². The number of hydrogen-bond acceptors (Lipinski definition) is 4. The lowest BCUT2D eigenvalue weighted by Crippen LogP contribution is -2.15. The molecule has 2 aromatic heterocycles. The second kappa shape index (κ2) is 4.36. The minimum absolute atomic E-state index is 0.0425. The van der Waals surface area contributed by atoms with Crippen molar-refractivity contribution in [3.63, 3.8) is 0 Å². The molecule has 0 fully saturated rings. The largest absolute Gasteiger partial charge is 0.359 e. The Kier molecular flexibility index (Phi) is 2.91. The van der Waals surface area contributed by atoms with Gasteiger partial charge in [0.1, 0.15) is 10.8 Å². The molecule has 0 saturated heterocycles. The molecule has 0 spiro atoms. The molecule has 0 aliphatic heterocycles. The van der Waals surface area contributed by atoms with Crippen molar-refractivity contribution in [3.05, 3.63) is 39.9 Å². The van der Waals surface area contributed by atoms with E-state index in [1.165, 1.54) is 6.33 Å². The first-order chi connectivity index (χ1) is 7.68. The van der Waals surface area contributed by atoms with Crippen LogP contribution < -0.4 is 10.9 Å². The Bertz CT molecular complexity index is 521. The Hall–Kier alpha value is -1.82. The zero-order valence-electron chi connectivity index (χ0n) is 8.49. The van der Waals surface area contributed by atoms with E-state index in [9.17, 15) is 4.79 Å². The van der Waals surface area contributed by atoms with E-state index in [0.29, 0.717) is 5.82 Å². The molecular weight excluding hydrogens is 230 g/mol. The van der Waals surface area contributed by atoms with Gasteiger partial charge in [-0.1, -0.05) is 11.6 Å². The maximum atomic E-state index is 11.2. The van der Waals surface area contributed by atoms with Crippen LogP contribution in [0.15, 0.2) is 23.5 Å². The van der Waals surface area contributed by atoms with Crippen molar-refractivity contribution in [2.45, 2.75) is 13.0 Å². The summed E-state index contributed by atoms with van der Waals surface area (Å²) in [7, 11) is 0. The summed E-state index contributed by atoms with van der Waals surface area (Å²) in [6, 6.07) is -0.109. The average molecular weight is 240 g/mol. The highest BCUT2D eigenvalue weighted by atomic mass is 35.5. The first-order valence-corrected chi connectivity index (χ1v) is 5.05. The number of nitrogens with zero attached hydrogens (tertiary/aromatic N) is 2. The zero-order chi connectivity index (χ0) is 11.5. The van der Waals surface area contributed by atoms with E-state index in [1.54, 1.807) is 12.4 Å². The Balaban J connectivity index is 2.21. The Morgan fingerprint density at radius 1 is 1.44 bits per heavy atom. The van der Waals surface area contributed by atoms with Gasteiger partial charge in [-0.15, -0.1) is 0 Å². The maximum absolute atomic E-state index is 11.2. The van der Waals surface area contributed by atoms with Gasteiger partial charge in [0.05, 0.1) is 12.4 Å². The zero-order valence-corrected chi connectivity index (χ0v) is 9.25. The quantitative estimate of drug-likeness (QED) is 0.754. The number of imidazole rings is 1. The number of aromatic nitrogens is 4. The van der Waals surface area contributed by atoms with Crippen LogP contribution in [0.2, 0.25) is 5.02 Å². The summed E-state index contributed by atoms with van der Waals surface area (Å²) in [5.74, 6) is 1.09. The molecule has 1 unspecified atom stereocenters. The molecule has 2 heterocycles. The first-order valence-electron chi connectivity index (χ1n) is 4.67. The minimum atomic E-state index is -0.370. The SMILES string of the molecule is CC(Nc1nc[nH]c(=O)c1Cl)c1ncc[nH]1. The summed E-state index contributed by atoms with van der Waals surface area (Å²) in [4.78, 5) is 24.6. The molecule has 2 rings (SSSR count). The fourth-order valence-electron chi connectivity index (χ4n) is 1.27. The van der Waals surface area contributed by atoms with E-state index in [4.69, 9.17) is 11.6 Å². The number of halogens is 1. The van der Waals surface area contributed by atoms with Crippen LogP contribution in [0.4, 0.5) is 5.82 Å². The maximum Gasteiger partial charge on any atom is 0.271 e. The molecule has 1 atom stereocenters. The van der Waals surface area contributed by atoms with Gasteiger partial charge in [0.25, 0.3) is 5.56 Å². The van der Waals surface area contributed by atoms with Gasteiger partial charge in [-0.05, 0) is 6.92 Å². The average Bonchev–Trinajstić information content (AvgIpc) is 2.78. The molecule has 6 nitrogen and oxygen atoms in total. The van der Waals surface area contributed by atoms with Crippen LogP contribution in [0, 0.1) is 0 Å². The summed E-state index contributed by atoms with van der Waals surface area (Å²) in [6.45, 7) is 1.89. The molecule has 16 heavy (non-hydrogen) atoms. The van der Waals surface area contributed by atoms with Crippen LogP contribution in [0.5, 0.6) is 0 Å². The molecule has 0 amide bonds. The third kappa shape index (κ3) is 2.06. The number of hydrogen-bond donors (Lipinski definition) is 3. The summed E-state index contributed by atoms with van der Waals surface area (Å²) in [5, 5.41) is 3.04. The normalized spacial score (nSPS) is 12.4. The van der Waals surface area contributed by atoms with Crippen LogP contribution in [0.1, 0.15) is 18.8 Å². The fraction of sp³-hybridized carbons (Fsp3) is 0.222.